The maximum absolute atomic E-state index is 12.5. The monoisotopic (exact) mass is 284 g/mol. The predicted molar refractivity (Wildman–Crippen MR) is 65.0 cm³/mol. The minimum atomic E-state index is -4.43. The quantitative estimate of drug-likeness (QED) is 0.862. The SMILES string of the molecule is CC(=O)c1c(C)nn(-c2ccc(C(F)(F)F)cc2)c1O. The molecule has 0 amide bonds. The molecule has 0 fully saturated rings. The molecule has 20 heavy (non-hydrogen) atoms. The molecule has 1 aromatic carbocycles. The maximum Gasteiger partial charge on any atom is 0.416 e. The van der Waals surface area contributed by atoms with E-state index in [1.165, 1.54) is 26.0 Å². The summed E-state index contributed by atoms with van der Waals surface area (Å²) in [5.74, 6) is -0.743. The van der Waals surface area contributed by atoms with Crippen molar-refractivity contribution < 1.29 is 23.1 Å². The molecular formula is C13H11F3N2O2. The molecule has 4 nitrogen and oxygen atoms in total. The molecule has 7 heteroatoms. The standard InChI is InChI=1S/C13H11F3N2O2/c1-7-11(8(2)19)12(20)18(17-7)10-5-3-9(4-6-10)13(14,15)16/h3-6,20H,1-2H3. The van der Waals surface area contributed by atoms with Crippen LogP contribution < -0.4 is 0 Å². The van der Waals surface area contributed by atoms with Gasteiger partial charge in [-0.05, 0) is 38.1 Å². The van der Waals surface area contributed by atoms with E-state index in [1.54, 1.807) is 0 Å². The highest BCUT2D eigenvalue weighted by Crippen LogP contribution is 2.31. The van der Waals surface area contributed by atoms with Gasteiger partial charge < -0.3 is 5.11 Å². The van der Waals surface area contributed by atoms with Gasteiger partial charge in [-0.25, -0.2) is 4.68 Å². The fraction of sp³-hybridized carbons (Fsp3) is 0.231. The van der Waals surface area contributed by atoms with Gasteiger partial charge in [-0.3, -0.25) is 4.79 Å². The first-order valence-corrected chi connectivity index (χ1v) is 5.69. The summed E-state index contributed by atoms with van der Waals surface area (Å²) in [6, 6.07) is 4.14. The summed E-state index contributed by atoms with van der Waals surface area (Å²) in [5, 5.41) is 13.9. The number of halogens is 3. The lowest BCUT2D eigenvalue weighted by Gasteiger charge is -2.08. The lowest BCUT2D eigenvalue weighted by atomic mass is 10.2. The minimum absolute atomic E-state index is 0.0601. The lowest BCUT2D eigenvalue weighted by molar-refractivity contribution is -0.137. The summed E-state index contributed by atoms with van der Waals surface area (Å²) in [5.41, 5.74) is -0.178. The van der Waals surface area contributed by atoms with Crippen LogP contribution in [0, 0.1) is 6.92 Å². The molecule has 1 heterocycles. The van der Waals surface area contributed by atoms with Gasteiger partial charge in [0.25, 0.3) is 0 Å². The topological polar surface area (TPSA) is 55.1 Å². The Hall–Kier alpha value is -2.31. The highest BCUT2D eigenvalue weighted by atomic mass is 19.4. The van der Waals surface area contributed by atoms with E-state index in [1.807, 2.05) is 0 Å². The fourth-order valence-corrected chi connectivity index (χ4v) is 1.90. The summed E-state index contributed by atoms with van der Waals surface area (Å²) < 4.78 is 38.4. The average molecular weight is 284 g/mol. The molecule has 0 unspecified atom stereocenters. The van der Waals surface area contributed by atoms with Gasteiger partial charge >= 0.3 is 6.18 Å². The van der Waals surface area contributed by atoms with E-state index in [0.717, 1.165) is 16.8 Å². The molecule has 0 bridgehead atoms. The van der Waals surface area contributed by atoms with E-state index in [-0.39, 0.29) is 22.9 Å². The van der Waals surface area contributed by atoms with E-state index >= 15 is 0 Å². The Bertz CT molecular complexity index is 657. The lowest BCUT2D eigenvalue weighted by Crippen LogP contribution is -2.05. The molecule has 1 N–H and O–H groups in total. The average Bonchev–Trinajstić information content (AvgIpc) is 2.64. The van der Waals surface area contributed by atoms with Crippen molar-refractivity contribution in [1.82, 2.24) is 9.78 Å². The molecule has 0 atom stereocenters. The van der Waals surface area contributed by atoms with Crippen LogP contribution in [0.15, 0.2) is 24.3 Å². The van der Waals surface area contributed by atoms with Crippen molar-refractivity contribution in [3.63, 3.8) is 0 Å². The molecule has 0 aliphatic rings. The van der Waals surface area contributed by atoms with Crippen molar-refractivity contribution in [3.05, 3.63) is 41.1 Å². The van der Waals surface area contributed by atoms with Crippen LogP contribution in [0.1, 0.15) is 28.5 Å². The Kier molecular flexibility index (Phi) is 3.29. The van der Waals surface area contributed by atoms with Crippen LogP contribution in [0.3, 0.4) is 0 Å². The van der Waals surface area contributed by atoms with Gasteiger partial charge in [0.15, 0.2) is 5.78 Å². The van der Waals surface area contributed by atoms with Crippen molar-refractivity contribution in [3.8, 4) is 11.6 Å². The Morgan fingerprint density at radius 3 is 2.20 bits per heavy atom. The number of alkyl halides is 3. The van der Waals surface area contributed by atoms with Crippen molar-refractivity contribution in [2.24, 2.45) is 0 Å². The first kappa shape index (κ1) is 14.1. The van der Waals surface area contributed by atoms with Gasteiger partial charge in [0, 0.05) is 0 Å². The van der Waals surface area contributed by atoms with Crippen LogP contribution >= 0.6 is 0 Å². The molecule has 1 aromatic heterocycles. The molecule has 2 rings (SSSR count). The number of rotatable bonds is 2. The summed E-state index contributed by atoms with van der Waals surface area (Å²) in [6.45, 7) is 2.82. The second-order valence-corrected chi connectivity index (χ2v) is 4.30. The minimum Gasteiger partial charge on any atom is -0.493 e. The highest BCUT2D eigenvalue weighted by molar-refractivity contribution is 5.97. The highest BCUT2D eigenvalue weighted by Gasteiger charge is 2.30. The fourth-order valence-electron chi connectivity index (χ4n) is 1.90. The first-order chi connectivity index (χ1) is 9.21. The Labute approximate surface area is 112 Å². The zero-order valence-electron chi connectivity index (χ0n) is 10.7. The van der Waals surface area contributed by atoms with Crippen LogP contribution in [-0.2, 0) is 6.18 Å². The number of ketones is 1. The predicted octanol–water partition coefficient (Wildman–Crippen LogP) is 3.11. The maximum atomic E-state index is 12.5. The van der Waals surface area contributed by atoms with Crippen molar-refractivity contribution >= 4 is 5.78 Å². The number of benzene rings is 1. The number of aromatic nitrogens is 2. The molecule has 0 saturated heterocycles. The zero-order valence-corrected chi connectivity index (χ0v) is 10.7. The summed E-state index contributed by atoms with van der Waals surface area (Å²) in [4.78, 5) is 11.4. The number of aryl methyl sites for hydroxylation is 1. The van der Waals surface area contributed by atoms with Crippen LogP contribution in [0.5, 0.6) is 5.88 Å². The molecule has 106 valence electrons. The number of nitrogens with zero attached hydrogens (tertiary/aromatic N) is 2. The van der Waals surface area contributed by atoms with Crippen molar-refractivity contribution in [2.75, 3.05) is 0 Å². The molecule has 2 aromatic rings. The summed E-state index contributed by atoms with van der Waals surface area (Å²) >= 11 is 0. The number of Topliss-reactive ketones (excluding diaryl/α,β-unsaturated/α-hetero) is 1. The van der Waals surface area contributed by atoms with E-state index in [2.05, 4.69) is 5.10 Å². The normalized spacial score (nSPS) is 11.7. The smallest absolute Gasteiger partial charge is 0.416 e. The van der Waals surface area contributed by atoms with Crippen molar-refractivity contribution in [2.45, 2.75) is 20.0 Å². The number of aromatic hydroxyl groups is 1. The number of carbonyl (C=O) groups is 1. The van der Waals surface area contributed by atoms with Crippen LogP contribution in [0.4, 0.5) is 13.2 Å². The van der Waals surface area contributed by atoms with Gasteiger partial charge in [0.05, 0.1) is 16.9 Å². The third-order valence-corrected chi connectivity index (χ3v) is 2.83. The Morgan fingerprint density at radius 1 is 1.25 bits per heavy atom. The second kappa shape index (κ2) is 4.66. The largest absolute Gasteiger partial charge is 0.493 e. The van der Waals surface area contributed by atoms with Gasteiger partial charge in [0.2, 0.25) is 5.88 Å². The Morgan fingerprint density at radius 2 is 1.80 bits per heavy atom. The van der Waals surface area contributed by atoms with Crippen LogP contribution in [-0.4, -0.2) is 20.7 Å². The van der Waals surface area contributed by atoms with E-state index < -0.39 is 11.7 Å². The Balaban J connectivity index is 2.48. The van der Waals surface area contributed by atoms with Gasteiger partial charge in [-0.1, -0.05) is 0 Å². The van der Waals surface area contributed by atoms with Crippen LogP contribution in [0.25, 0.3) is 5.69 Å². The molecule has 0 saturated carbocycles. The molecular weight excluding hydrogens is 273 g/mol. The van der Waals surface area contributed by atoms with E-state index in [4.69, 9.17) is 0 Å². The third-order valence-electron chi connectivity index (χ3n) is 2.83. The van der Waals surface area contributed by atoms with Crippen LogP contribution in [0.2, 0.25) is 0 Å². The van der Waals surface area contributed by atoms with Gasteiger partial charge in [-0.15, -0.1) is 0 Å². The third kappa shape index (κ3) is 2.38. The summed E-state index contributed by atoms with van der Waals surface area (Å²) in [7, 11) is 0. The summed E-state index contributed by atoms with van der Waals surface area (Å²) in [6.07, 6.45) is -4.43. The number of carbonyl (C=O) groups excluding carboxylic acids is 1. The van der Waals surface area contributed by atoms with E-state index in [9.17, 15) is 23.1 Å². The second-order valence-electron chi connectivity index (χ2n) is 4.30. The molecule has 0 radical (unpaired) electrons. The first-order valence-electron chi connectivity index (χ1n) is 5.69. The molecule has 0 aliphatic heterocycles. The zero-order chi connectivity index (χ0) is 15.1. The van der Waals surface area contributed by atoms with Crippen molar-refractivity contribution in [1.29, 1.82) is 0 Å². The number of hydrogen-bond acceptors (Lipinski definition) is 3. The molecule has 0 spiro atoms. The molecule has 0 aliphatic carbocycles. The number of hydrogen-bond donors (Lipinski definition) is 1. The van der Waals surface area contributed by atoms with Gasteiger partial charge in [0.1, 0.15) is 5.56 Å². The van der Waals surface area contributed by atoms with Gasteiger partial charge in [-0.2, -0.15) is 18.3 Å². The van der Waals surface area contributed by atoms with E-state index in [0.29, 0.717) is 5.69 Å².